The standard InChI is InChI=1S/C8H14F2N2O2S/c9-6(10)5-14-4-2-8(13)12-3-1-7(11)15/h6H,1-5H2,(H2,11,15)(H,12,13). The number of ether oxygens (including phenoxy) is 1. The topological polar surface area (TPSA) is 64.3 Å². The second kappa shape index (κ2) is 8.49. The molecule has 7 heteroatoms. The van der Waals surface area contributed by atoms with E-state index in [9.17, 15) is 13.6 Å². The van der Waals surface area contributed by atoms with E-state index in [0.29, 0.717) is 18.0 Å². The third kappa shape index (κ3) is 11.1. The lowest BCUT2D eigenvalue weighted by Crippen LogP contribution is -2.28. The van der Waals surface area contributed by atoms with Crippen LogP contribution in [0.15, 0.2) is 0 Å². The normalized spacial score (nSPS) is 10.3. The molecule has 3 N–H and O–H groups in total. The first-order chi connectivity index (χ1) is 7.02. The summed E-state index contributed by atoms with van der Waals surface area (Å²) in [7, 11) is 0. The summed E-state index contributed by atoms with van der Waals surface area (Å²) in [6.45, 7) is -0.285. The summed E-state index contributed by atoms with van der Waals surface area (Å²) in [5.41, 5.74) is 5.21. The molecule has 0 radical (unpaired) electrons. The number of hydrogen-bond donors (Lipinski definition) is 2. The maximum Gasteiger partial charge on any atom is 0.261 e. The van der Waals surface area contributed by atoms with E-state index >= 15 is 0 Å². The van der Waals surface area contributed by atoms with Crippen LogP contribution in [-0.4, -0.2) is 37.1 Å². The highest BCUT2D eigenvalue weighted by molar-refractivity contribution is 7.80. The van der Waals surface area contributed by atoms with E-state index in [0.717, 1.165) is 0 Å². The van der Waals surface area contributed by atoms with Crippen molar-refractivity contribution in [3.63, 3.8) is 0 Å². The van der Waals surface area contributed by atoms with Crippen molar-refractivity contribution >= 4 is 23.1 Å². The Morgan fingerprint density at radius 3 is 2.67 bits per heavy atom. The van der Waals surface area contributed by atoms with Gasteiger partial charge in [0.25, 0.3) is 6.43 Å². The Bertz CT molecular complexity index is 215. The predicted octanol–water partition coefficient (Wildman–Crippen LogP) is 0.451. The van der Waals surface area contributed by atoms with Gasteiger partial charge in [-0.1, -0.05) is 12.2 Å². The van der Waals surface area contributed by atoms with E-state index in [1.54, 1.807) is 0 Å². The summed E-state index contributed by atoms with van der Waals surface area (Å²) >= 11 is 4.60. The van der Waals surface area contributed by atoms with E-state index in [1.807, 2.05) is 0 Å². The third-order valence-electron chi connectivity index (χ3n) is 1.41. The van der Waals surface area contributed by atoms with Crippen LogP contribution in [0.2, 0.25) is 0 Å². The molecule has 0 aliphatic rings. The largest absolute Gasteiger partial charge is 0.393 e. The Morgan fingerprint density at radius 2 is 2.13 bits per heavy atom. The van der Waals surface area contributed by atoms with Gasteiger partial charge in [0.2, 0.25) is 5.91 Å². The van der Waals surface area contributed by atoms with Gasteiger partial charge in [-0.25, -0.2) is 8.78 Å². The molecular formula is C8H14F2N2O2S. The molecule has 0 bridgehead atoms. The van der Waals surface area contributed by atoms with E-state index in [-0.39, 0.29) is 18.9 Å². The highest BCUT2D eigenvalue weighted by Gasteiger charge is 2.04. The SMILES string of the molecule is NC(=S)CCNC(=O)CCOCC(F)F. The first-order valence-electron chi connectivity index (χ1n) is 4.43. The van der Waals surface area contributed by atoms with Gasteiger partial charge in [-0.3, -0.25) is 4.79 Å². The van der Waals surface area contributed by atoms with Crippen LogP contribution >= 0.6 is 12.2 Å². The van der Waals surface area contributed by atoms with Gasteiger partial charge >= 0.3 is 0 Å². The van der Waals surface area contributed by atoms with Crippen LogP contribution in [0.3, 0.4) is 0 Å². The Balaban J connectivity index is 3.30. The monoisotopic (exact) mass is 240 g/mol. The molecule has 0 aliphatic heterocycles. The van der Waals surface area contributed by atoms with Crippen molar-refractivity contribution in [1.82, 2.24) is 5.32 Å². The lowest BCUT2D eigenvalue weighted by molar-refractivity contribution is -0.122. The number of nitrogens with two attached hydrogens (primary N) is 1. The number of rotatable bonds is 8. The summed E-state index contributed by atoms with van der Waals surface area (Å²) < 4.78 is 27.7. The number of carbonyl (C=O) groups excluding carboxylic acids is 1. The average molecular weight is 240 g/mol. The minimum absolute atomic E-state index is 0.0107. The first-order valence-corrected chi connectivity index (χ1v) is 4.84. The summed E-state index contributed by atoms with van der Waals surface area (Å²) in [4.78, 5) is 11.3. The summed E-state index contributed by atoms with van der Waals surface area (Å²) in [6.07, 6.45) is -2.01. The number of thiocarbonyl (C=S) groups is 1. The van der Waals surface area contributed by atoms with Gasteiger partial charge in [0, 0.05) is 19.4 Å². The average Bonchev–Trinajstić information content (AvgIpc) is 2.11. The number of alkyl halides is 2. The molecule has 0 aromatic carbocycles. The van der Waals surface area contributed by atoms with Crippen molar-refractivity contribution in [1.29, 1.82) is 0 Å². The Hall–Kier alpha value is -0.820. The van der Waals surface area contributed by atoms with Gasteiger partial charge in [-0.2, -0.15) is 0 Å². The molecule has 0 fully saturated rings. The molecule has 0 rings (SSSR count). The summed E-state index contributed by atoms with van der Waals surface area (Å²) in [6, 6.07) is 0. The minimum Gasteiger partial charge on any atom is -0.393 e. The van der Waals surface area contributed by atoms with Crippen LogP contribution in [-0.2, 0) is 9.53 Å². The first kappa shape index (κ1) is 14.2. The molecule has 0 unspecified atom stereocenters. The van der Waals surface area contributed by atoms with Crippen LogP contribution in [0.4, 0.5) is 8.78 Å². The Morgan fingerprint density at radius 1 is 1.47 bits per heavy atom. The van der Waals surface area contributed by atoms with E-state index in [4.69, 9.17) is 5.73 Å². The maximum atomic E-state index is 11.6. The summed E-state index contributed by atoms with van der Waals surface area (Å²) in [5.74, 6) is -0.263. The van der Waals surface area contributed by atoms with Gasteiger partial charge < -0.3 is 15.8 Å². The lowest BCUT2D eigenvalue weighted by atomic mass is 10.4. The molecule has 88 valence electrons. The smallest absolute Gasteiger partial charge is 0.261 e. The number of hydrogen-bond acceptors (Lipinski definition) is 3. The fourth-order valence-electron chi connectivity index (χ4n) is 0.751. The molecule has 0 spiro atoms. The molecule has 0 atom stereocenters. The Kier molecular flexibility index (Phi) is 8.02. The molecule has 0 aliphatic carbocycles. The fourth-order valence-corrected chi connectivity index (χ4v) is 0.853. The summed E-state index contributed by atoms with van der Waals surface area (Å²) in [5, 5.41) is 2.53. The van der Waals surface area contributed by atoms with Crippen molar-refractivity contribution in [3.05, 3.63) is 0 Å². The molecule has 0 heterocycles. The van der Waals surface area contributed by atoms with Crippen molar-refractivity contribution in [3.8, 4) is 0 Å². The van der Waals surface area contributed by atoms with Gasteiger partial charge in [-0.15, -0.1) is 0 Å². The molecule has 1 amide bonds. The molecular weight excluding hydrogens is 226 g/mol. The lowest BCUT2D eigenvalue weighted by Gasteiger charge is -2.05. The fraction of sp³-hybridized carbons (Fsp3) is 0.750. The van der Waals surface area contributed by atoms with Gasteiger partial charge in [0.15, 0.2) is 0 Å². The predicted molar refractivity (Wildman–Crippen MR) is 55.9 cm³/mol. The highest BCUT2D eigenvalue weighted by Crippen LogP contribution is 1.93. The quantitative estimate of drug-likeness (QED) is 0.477. The zero-order valence-corrected chi connectivity index (χ0v) is 8.99. The van der Waals surface area contributed by atoms with Crippen LogP contribution in [0.25, 0.3) is 0 Å². The van der Waals surface area contributed by atoms with Crippen molar-refractivity contribution in [2.45, 2.75) is 19.3 Å². The molecule has 0 saturated carbocycles. The Labute approximate surface area is 92.1 Å². The molecule has 0 aromatic heterocycles. The number of halogens is 2. The van der Waals surface area contributed by atoms with E-state index in [1.165, 1.54) is 0 Å². The van der Waals surface area contributed by atoms with Crippen molar-refractivity contribution in [2.24, 2.45) is 5.73 Å². The molecule has 0 saturated heterocycles. The van der Waals surface area contributed by atoms with Crippen molar-refractivity contribution < 1.29 is 18.3 Å². The second-order valence-corrected chi connectivity index (χ2v) is 3.31. The minimum atomic E-state index is -2.50. The number of carbonyl (C=O) groups is 1. The van der Waals surface area contributed by atoms with E-state index < -0.39 is 13.0 Å². The highest BCUT2D eigenvalue weighted by atomic mass is 32.1. The van der Waals surface area contributed by atoms with Crippen LogP contribution < -0.4 is 11.1 Å². The molecule has 4 nitrogen and oxygen atoms in total. The molecule has 0 aromatic rings. The van der Waals surface area contributed by atoms with E-state index in [2.05, 4.69) is 22.3 Å². The maximum absolute atomic E-state index is 11.6. The van der Waals surface area contributed by atoms with Gasteiger partial charge in [-0.05, 0) is 0 Å². The van der Waals surface area contributed by atoms with Gasteiger partial charge in [0.1, 0.15) is 6.61 Å². The van der Waals surface area contributed by atoms with Gasteiger partial charge in [0.05, 0.1) is 11.6 Å². The zero-order chi connectivity index (χ0) is 11.7. The van der Waals surface area contributed by atoms with Crippen LogP contribution in [0, 0.1) is 0 Å². The third-order valence-corrected chi connectivity index (χ3v) is 1.61. The number of amides is 1. The van der Waals surface area contributed by atoms with Crippen LogP contribution in [0.5, 0.6) is 0 Å². The zero-order valence-electron chi connectivity index (χ0n) is 8.17. The van der Waals surface area contributed by atoms with Crippen molar-refractivity contribution in [2.75, 3.05) is 19.8 Å². The second-order valence-electron chi connectivity index (χ2n) is 2.78. The molecule has 15 heavy (non-hydrogen) atoms. The van der Waals surface area contributed by atoms with Crippen LogP contribution in [0.1, 0.15) is 12.8 Å². The number of nitrogens with one attached hydrogen (secondary N) is 1.